The van der Waals surface area contributed by atoms with Gasteiger partial charge in [-0.25, -0.2) is 18.1 Å². The Morgan fingerprint density at radius 1 is 1.45 bits per heavy atom. The van der Waals surface area contributed by atoms with Crippen molar-refractivity contribution in [3.05, 3.63) is 45.9 Å². The van der Waals surface area contributed by atoms with E-state index in [2.05, 4.69) is 9.71 Å². The molecule has 2 rings (SSSR count). The first-order valence-corrected chi connectivity index (χ1v) is 8.43. The molecule has 108 valence electrons. The second kappa shape index (κ2) is 6.01. The minimum Gasteiger partial charge on any atom is -0.392 e. The van der Waals surface area contributed by atoms with E-state index < -0.39 is 16.1 Å². The molecule has 0 radical (unpaired) electrons. The third-order valence-electron chi connectivity index (χ3n) is 2.73. The minimum atomic E-state index is -3.63. The van der Waals surface area contributed by atoms with E-state index in [9.17, 15) is 8.42 Å². The normalized spacial score (nSPS) is 13.3. The van der Waals surface area contributed by atoms with Crippen LogP contribution in [0.5, 0.6) is 0 Å². The van der Waals surface area contributed by atoms with E-state index in [0.717, 1.165) is 10.7 Å². The van der Waals surface area contributed by atoms with E-state index in [1.165, 1.54) is 23.5 Å². The zero-order chi connectivity index (χ0) is 14.8. The molecule has 0 fully saturated rings. The summed E-state index contributed by atoms with van der Waals surface area (Å²) in [5, 5.41) is 11.7. The van der Waals surface area contributed by atoms with Crippen molar-refractivity contribution >= 4 is 21.4 Å². The van der Waals surface area contributed by atoms with Crippen LogP contribution in [0.2, 0.25) is 0 Å². The van der Waals surface area contributed by atoms with E-state index in [0.29, 0.717) is 5.56 Å². The fourth-order valence-corrected chi connectivity index (χ4v) is 3.89. The molecule has 2 aromatic rings. The number of nitrogens with zero attached hydrogens (tertiary/aromatic N) is 1. The van der Waals surface area contributed by atoms with Crippen LogP contribution in [0, 0.1) is 6.92 Å². The van der Waals surface area contributed by atoms with Gasteiger partial charge in [-0.15, -0.1) is 11.3 Å². The Hall–Kier alpha value is -1.28. The molecule has 0 saturated heterocycles. The summed E-state index contributed by atoms with van der Waals surface area (Å²) < 4.78 is 27.1. The van der Waals surface area contributed by atoms with Crippen LogP contribution in [-0.2, 0) is 16.6 Å². The number of benzene rings is 1. The second-order valence-electron chi connectivity index (χ2n) is 4.48. The van der Waals surface area contributed by atoms with E-state index in [1.54, 1.807) is 19.1 Å². The first kappa shape index (κ1) is 15.1. The van der Waals surface area contributed by atoms with E-state index in [4.69, 9.17) is 5.11 Å². The third-order valence-corrected chi connectivity index (χ3v) is 5.41. The van der Waals surface area contributed by atoms with Crippen molar-refractivity contribution < 1.29 is 13.5 Å². The van der Waals surface area contributed by atoms with E-state index >= 15 is 0 Å². The first-order valence-electron chi connectivity index (χ1n) is 6.06. The topological polar surface area (TPSA) is 79.3 Å². The van der Waals surface area contributed by atoms with E-state index in [-0.39, 0.29) is 11.5 Å². The maximum absolute atomic E-state index is 12.3. The highest BCUT2D eigenvalue weighted by atomic mass is 32.2. The molecule has 0 saturated carbocycles. The van der Waals surface area contributed by atoms with Crippen molar-refractivity contribution in [2.45, 2.75) is 31.4 Å². The highest BCUT2D eigenvalue weighted by molar-refractivity contribution is 7.89. The molecule has 0 spiro atoms. The standard InChI is InChI=1S/C13H16N2O3S2/c1-9-8-19-13(14-9)10(2)15-20(17,18)12-5-3-4-11(6-12)7-16/h3-6,8,10,15-16H,7H2,1-2H3. The van der Waals surface area contributed by atoms with Crippen molar-refractivity contribution in [3.63, 3.8) is 0 Å². The summed E-state index contributed by atoms with van der Waals surface area (Å²) in [5.74, 6) is 0. The van der Waals surface area contributed by atoms with Gasteiger partial charge in [0, 0.05) is 11.1 Å². The van der Waals surface area contributed by atoms with Gasteiger partial charge in [0.05, 0.1) is 17.5 Å². The molecule has 1 unspecified atom stereocenters. The van der Waals surface area contributed by atoms with Crippen molar-refractivity contribution in [3.8, 4) is 0 Å². The molecule has 1 aromatic carbocycles. The quantitative estimate of drug-likeness (QED) is 0.885. The summed E-state index contributed by atoms with van der Waals surface area (Å²) in [7, 11) is -3.63. The summed E-state index contributed by atoms with van der Waals surface area (Å²) >= 11 is 1.42. The minimum absolute atomic E-state index is 0.143. The molecule has 0 aliphatic heterocycles. The Balaban J connectivity index is 2.22. The van der Waals surface area contributed by atoms with Crippen LogP contribution in [-0.4, -0.2) is 18.5 Å². The van der Waals surface area contributed by atoms with Gasteiger partial charge in [0.2, 0.25) is 10.0 Å². The van der Waals surface area contributed by atoms with Crippen LogP contribution >= 0.6 is 11.3 Å². The molecule has 7 heteroatoms. The number of aliphatic hydroxyl groups is 1. The van der Waals surface area contributed by atoms with Gasteiger partial charge in [0.1, 0.15) is 5.01 Å². The highest BCUT2D eigenvalue weighted by Gasteiger charge is 2.20. The van der Waals surface area contributed by atoms with E-state index in [1.807, 2.05) is 12.3 Å². The largest absolute Gasteiger partial charge is 0.392 e. The number of aliphatic hydroxyl groups excluding tert-OH is 1. The number of aryl methyl sites for hydroxylation is 1. The Morgan fingerprint density at radius 3 is 2.80 bits per heavy atom. The maximum atomic E-state index is 12.3. The number of sulfonamides is 1. The molecule has 1 heterocycles. The second-order valence-corrected chi connectivity index (χ2v) is 7.08. The fraction of sp³-hybridized carbons (Fsp3) is 0.308. The fourth-order valence-electron chi connectivity index (χ4n) is 1.73. The Bertz CT molecular complexity index is 695. The first-order chi connectivity index (χ1) is 9.42. The summed E-state index contributed by atoms with van der Waals surface area (Å²) in [5.41, 5.74) is 1.43. The number of hydrogen-bond acceptors (Lipinski definition) is 5. The van der Waals surface area contributed by atoms with Crippen LogP contribution < -0.4 is 4.72 Å². The van der Waals surface area contributed by atoms with Gasteiger partial charge in [-0.1, -0.05) is 12.1 Å². The molecule has 1 aromatic heterocycles. The zero-order valence-corrected chi connectivity index (χ0v) is 12.8. The molecule has 0 aliphatic carbocycles. The predicted molar refractivity (Wildman–Crippen MR) is 78.0 cm³/mol. The summed E-state index contributed by atoms with van der Waals surface area (Å²) in [4.78, 5) is 4.42. The average Bonchev–Trinajstić information content (AvgIpc) is 2.85. The summed E-state index contributed by atoms with van der Waals surface area (Å²) in [6, 6.07) is 5.85. The predicted octanol–water partition coefficient (Wildman–Crippen LogP) is 1.98. The number of aromatic nitrogens is 1. The van der Waals surface area contributed by atoms with Gasteiger partial charge in [-0.3, -0.25) is 0 Å². The lowest BCUT2D eigenvalue weighted by atomic mass is 10.2. The van der Waals surface area contributed by atoms with Crippen molar-refractivity contribution in [2.75, 3.05) is 0 Å². The number of rotatable bonds is 5. The molecule has 0 aliphatic rings. The highest BCUT2D eigenvalue weighted by Crippen LogP contribution is 2.20. The Morgan fingerprint density at radius 2 is 2.20 bits per heavy atom. The molecule has 0 amide bonds. The Kier molecular flexibility index (Phi) is 4.54. The zero-order valence-electron chi connectivity index (χ0n) is 11.2. The third kappa shape index (κ3) is 3.43. The molecular formula is C13H16N2O3S2. The molecule has 20 heavy (non-hydrogen) atoms. The molecule has 0 bridgehead atoms. The number of hydrogen-bond donors (Lipinski definition) is 2. The monoisotopic (exact) mass is 312 g/mol. The van der Waals surface area contributed by atoms with Gasteiger partial charge in [0.25, 0.3) is 0 Å². The van der Waals surface area contributed by atoms with Crippen LogP contribution in [0.15, 0.2) is 34.5 Å². The van der Waals surface area contributed by atoms with Crippen LogP contribution in [0.4, 0.5) is 0 Å². The van der Waals surface area contributed by atoms with Gasteiger partial charge in [-0.05, 0) is 31.5 Å². The summed E-state index contributed by atoms with van der Waals surface area (Å²) in [6.07, 6.45) is 0. The van der Waals surface area contributed by atoms with Gasteiger partial charge < -0.3 is 5.11 Å². The van der Waals surface area contributed by atoms with Gasteiger partial charge in [-0.2, -0.15) is 0 Å². The van der Waals surface area contributed by atoms with Crippen molar-refractivity contribution in [1.29, 1.82) is 0 Å². The average molecular weight is 312 g/mol. The lowest BCUT2D eigenvalue weighted by molar-refractivity contribution is 0.281. The maximum Gasteiger partial charge on any atom is 0.241 e. The molecule has 2 N–H and O–H groups in total. The van der Waals surface area contributed by atoms with Crippen molar-refractivity contribution in [2.24, 2.45) is 0 Å². The molecule has 5 nitrogen and oxygen atoms in total. The lowest BCUT2D eigenvalue weighted by Gasteiger charge is -2.12. The van der Waals surface area contributed by atoms with Crippen LogP contribution in [0.1, 0.15) is 29.2 Å². The van der Waals surface area contributed by atoms with Gasteiger partial charge >= 0.3 is 0 Å². The SMILES string of the molecule is Cc1csc(C(C)NS(=O)(=O)c2cccc(CO)c2)n1. The Labute approximate surface area is 122 Å². The molecular weight excluding hydrogens is 296 g/mol. The van der Waals surface area contributed by atoms with Crippen LogP contribution in [0.25, 0.3) is 0 Å². The van der Waals surface area contributed by atoms with Crippen LogP contribution in [0.3, 0.4) is 0 Å². The molecule has 1 atom stereocenters. The summed E-state index contributed by atoms with van der Waals surface area (Å²) in [6.45, 7) is 3.43. The lowest BCUT2D eigenvalue weighted by Crippen LogP contribution is -2.27. The van der Waals surface area contributed by atoms with Crippen molar-refractivity contribution in [1.82, 2.24) is 9.71 Å². The number of thiazole rings is 1. The van der Waals surface area contributed by atoms with Gasteiger partial charge in [0.15, 0.2) is 0 Å². The number of nitrogens with one attached hydrogen (secondary N) is 1. The smallest absolute Gasteiger partial charge is 0.241 e.